The van der Waals surface area contributed by atoms with Gasteiger partial charge in [0.05, 0.1) is 10.7 Å². The van der Waals surface area contributed by atoms with Gasteiger partial charge in [-0.05, 0) is 40.8 Å². The van der Waals surface area contributed by atoms with Crippen molar-refractivity contribution in [3.05, 3.63) is 22.6 Å². The van der Waals surface area contributed by atoms with Crippen LogP contribution in [0.3, 0.4) is 0 Å². The second-order valence-electron chi connectivity index (χ2n) is 4.42. The molecule has 1 saturated carbocycles. The van der Waals surface area contributed by atoms with Crippen LogP contribution in [0.4, 0.5) is 0 Å². The van der Waals surface area contributed by atoms with Crippen molar-refractivity contribution in [1.82, 2.24) is 0 Å². The molecule has 0 aromatic carbocycles. The van der Waals surface area contributed by atoms with Gasteiger partial charge in [-0.1, -0.05) is 19.8 Å². The van der Waals surface area contributed by atoms with Crippen molar-refractivity contribution >= 4 is 21.7 Å². The van der Waals surface area contributed by atoms with Crippen molar-refractivity contribution in [3.8, 4) is 0 Å². The summed E-state index contributed by atoms with van der Waals surface area (Å²) in [6.45, 7) is 2.25. The molecule has 0 aliphatic heterocycles. The maximum atomic E-state index is 12.1. The van der Waals surface area contributed by atoms with Gasteiger partial charge in [-0.25, -0.2) is 0 Å². The van der Waals surface area contributed by atoms with E-state index in [0.29, 0.717) is 5.76 Å². The van der Waals surface area contributed by atoms with Crippen LogP contribution in [0, 0.1) is 11.8 Å². The smallest absolute Gasteiger partial charge is 0.202 e. The molecule has 0 atom stereocenters. The topological polar surface area (TPSA) is 30.2 Å². The standard InChI is InChI=1S/C12H15BrO2/c1-8-2-4-9(5-3-8)11(14)12-10(13)6-7-15-12/h6-9H,2-5H2,1H3. The summed E-state index contributed by atoms with van der Waals surface area (Å²) in [4.78, 5) is 12.1. The monoisotopic (exact) mass is 270 g/mol. The first-order chi connectivity index (χ1) is 7.18. The minimum absolute atomic E-state index is 0.166. The Hall–Kier alpha value is -0.570. The molecule has 1 aliphatic carbocycles. The Morgan fingerprint density at radius 3 is 2.60 bits per heavy atom. The molecule has 3 heteroatoms. The van der Waals surface area contributed by atoms with E-state index in [0.717, 1.165) is 36.1 Å². The molecule has 1 aliphatic rings. The summed E-state index contributed by atoms with van der Waals surface area (Å²) in [5, 5.41) is 0. The van der Waals surface area contributed by atoms with E-state index < -0.39 is 0 Å². The Morgan fingerprint density at radius 1 is 1.40 bits per heavy atom. The van der Waals surface area contributed by atoms with Crippen LogP contribution in [0.25, 0.3) is 0 Å². The van der Waals surface area contributed by atoms with Crippen molar-refractivity contribution < 1.29 is 9.21 Å². The number of halogens is 1. The number of hydrogen-bond donors (Lipinski definition) is 0. The zero-order valence-electron chi connectivity index (χ0n) is 8.83. The van der Waals surface area contributed by atoms with Gasteiger partial charge in [0, 0.05) is 5.92 Å². The van der Waals surface area contributed by atoms with Gasteiger partial charge in [0.25, 0.3) is 0 Å². The van der Waals surface area contributed by atoms with Crippen LogP contribution < -0.4 is 0 Å². The fourth-order valence-corrected chi connectivity index (χ4v) is 2.57. The highest BCUT2D eigenvalue weighted by Gasteiger charge is 2.28. The first-order valence-corrected chi connectivity index (χ1v) is 6.25. The van der Waals surface area contributed by atoms with E-state index >= 15 is 0 Å². The van der Waals surface area contributed by atoms with Crippen molar-refractivity contribution in [2.24, 2.45) is 11.8 Å². The molecule has 2 nitrogen and oxygen atoms in total. The third-order valence-corrected chi connectivity index (χ3v) is 3.85. The molecule has 0 saturated heterocycles. The summed E-state index contributed by atoms with van der Waals surface area (Å²) < 4.78 is 5.99. The van der Waals surface area contributed by atoms with Crippen LogP contribution in [0.5, 0.6) is 0 Å². The number of furan rings is 1. The SMILES string of the molecule is CC1CCC(C(=O)c2occc2Br)CC1. The van der Waals surface area contributed by atoms with Crippen molar-refractivity contribution in [2.75, 3.05) is 0 Å². The van der Waals surface area contributed by atoms with E-state index in [9.17, 15) is 4.79 Å². The summed E-state index contributed by atoms with van der Waals surface area (Å²) in [5.74, 6) is 1.60. The van der Waals surface area contributed by atoms with E-state index in [1.807, 2.05) is 0 Å². The lowest BCUT2D eigenvalue weighted by Crippen LogP contribution is -2.20. The Bertz CT molecular complexity index is 348. The molecule has 1 aromatic heterocycles. The summed E-state index contributed by atoms with van der Waals surface area (Å²) in [6, 6.07) is 1.78. The Kier molecular flexibility index (Phi) is 3.29. The Morgan fingerprint density at radius 2 is 2.07 bits per heavy atom. The molecule has 0 spiro atoms. The van der Waals surface area contributed by atoms with Crippen LogP contribution in [-0.4, -0.2) is 5.78 Å². The average molecular weight is 271 g/mol. The maximum absolute atomic E-state index is 12.1. The minimum atomic E-state index is 0.166. The van der Waals surface area contributed by atoms with Gasteiger partial charge in [0.2, 0.25) is 5.78 Å². The van der Waals surface area contributed by atoms with Gasteiger partial charge in [0.1, 0.15) is 0 Å². The lowest BCUT2D eigenvalue weighted by Gasteiger charge is -2.24. The predicted octanol–water partition coefficient (Wildman–Crippen LogP) is 4.05. The first kappa shape index (κ1) is 10.9. The van der Waals surface area contributed by atoms with Crippen LogP contribution >= 0.6 is 15.9 Å². The minimum Gasteiger partial charge on any atom is -0.460 e. The number of Topliss-reactive ketones (excluding diaryl/α,β-unsaturated/α-hetero) is 1. The number of ketones is 1. The fraction of sp³-hybridized carbons (Fsp3) is 0.583. The van der Waals surface area contributed by atoms with Gasteiger partial charge in [-0.3, -0.25) is 4.79 Å². The maximum Gasteiger partial charge on any atom is 0.202 e. The molecule has 1 aromatic rings. The van der Waals surface area contributed by atoms with Crippen LogP contribution in [-0.2, 0) is 0 Å². The lowest BCUT2D eigenvalue weighted by atomic mass is 9.80. The van der Waals surface area contributed by atoms with Crippen LogP contribution in [0.1, 0.15) is 43.2 Å². The van der Waals surface area contributed by atoms with E-state index in [4.69, 9.17) is 4.42 Å². The Labute approximate surface area is 98.2 Å². The highest BCUT2D eigenvalue weighted by Crippen LogP contribution is 2.32. The van der Waals surface area contributed by atoms with E-state index in [2.05, 4.69) is 22.9 Å². The molecular weight excluding hydrogens is 256 g/mol. The van der Waals surface area contributed by atoms with E-state index in [1.165, 1.54) is 0 Å². The summed E-state index contributed by atoms with van der Waals surface area (Å²) in [6.07, 6.45) is 5.90. The largest absolute Gasteiger partial charge is 0.460 e. The molecular formula is C12H15BrO2. The summed E-state index contributed by atoms with van der Waals surface area (Å²) in [5.41, 5.74) is 0. The van der Waals surface area contributed by atoms with E-state index in [1.54, 1.807) is 12.3 Å². The molecule has 2 rings (SSSR count). The van der Waals surface area contributed by atoms with Gasteiger partial charge in [0.15, 0.2) is 5.76 Å². The van der Waals surface area contributed by atoms with Gasteiger partial charge in [-0.2, -0.15) is 0 Å². The van der Waals surface area contributed by atoms with Gasteiger partial charge in [-0.15, -0.1) is 0 Å². The zero-order chi connectivity index (χ0) is 10.8. The fourth-order valence-electron chi connectivity index (χ4n) is 2.18. The normalized spacial score (nSPS) is 26.5. The highest BCUT2D eigenvalue weighted by molar-refractivity contribution is 9.10. The van der Waals surface area contributed by atoms with Gasteiger partial charge >= 0.3 is 0 Å². The third-order valence-electron chi connectivity index (χ3n) is 3.23. The number of rotatable bonds is 2. The molecule has 0 unspecified atom stereocenters. The molecule has 15 heavy (non-hydrogen) atoms. The highest BCUT2D eigenvalue weighted by atomic mass is 79.9. The molecule has 1 heterocycles. The van der Waals surface area contributed by atoms with Gasteiger partial charge < -0.3 is 4.42 Å². The summed E-state index contributed by atoms with van der Waals surface area (Å²) >= 11 is 3.33. The third kappa shape index (κ3) is 2.33. The number of hydrogen-bond acceptors (Lipinski definition) is 2. The zero-order valence-corrected chi connectivity index (χ0v) is 10.4. The second kappa shape index (κ2) is 4.52. The quantitative estimate of drug-likeness (QED) is 0.759. The molecule has 0 N–H and O–H groups in total. The number of carbonyl (C=O) groups excluding carboxylic acids is 1. The number of carbonyl (C=O) groups is 1. The summed E-state index contributed by atoms with van der Waals surface area (Å²) in [7, 11) is 0. The van der Waals surface area contributed by atoms with Crippen LogP contribution in [0.15, 0.2) is 21.2 Å². The van der Waals surface area contributed by atoms with Crippen molar-refractivity contribution in [1.29, 1.82) is 0 Å². The Balaban J connectivity index is 2.06. The molecule has 0 bridgehead atoms. The lowest BCUT2D eigenvalue weighted by molar-refractivity contribution is 0.0845. The predicted molar refractivity (Wildman–Crippen MR) is 61.9 cm³/mol. The molecule has 0 radical (unpaired) electrons. The van der Waals surface area contributed by atoms with Crippen molar-refractivity contribution in [2.45, 2.75) is 32.6 Å². The van der Waals surface area contributed by atoms with E-state index in [-0.39, 0.29) is 11.7 Å². The second-order valence-corrected chi connectivity index (χ2v) is 5.27. The first-order valence-electron chi connectivity index (χ1n) is 5.45. The molecule has 82 valence electrons. The van der Waals surface area contributed by atoms with Crippen LogP contribution in [0.2, 0.25) is 0 Å². The molecule has 0 amide bonds. The van der Waals surface area contributed by atoms with Crippen molar-refractivity contribution in [3.63, 3.8) is 0 Å². The molecule has 1 fully saturated rings. The average Bonchev–Trinajstić information content (AvgIpc) is 2.65.